The van der Waals surface area contributed by atoms with E-state index in [1.54, 1.807) is 6.33 Å². The molecule has 0 aliphatic carbocycles. The van der Waals surface area contributed by atoms with Crippen LogP contribution in [0.3, 0.4) is 0 Å². The van der Waals surface area contributed by atoms with Crippen molar-refractivity contribution in [3.8, 4) is 11.8 Å². The van der Waals surface area contributed by atoms with Crippen LogP contribution in [-0.2, 0) is 29.1 Å². The predicted octanol–water partition coefficient (Wildman–Crippen LogP) is 4.63. The van der Waals surface area contributed by atoms with Gasteiger partial charge in [-0.05, 0) is 43.4 Å². The lowest BCUT2D eigenvalue weighted by molar-refractivity contribution is -0.132. The summed E-state index contributed by atoms with van der Waals surface area (Å²) in [6.07, 6.45) is 4.94. The molecule has 2 aromatic heterocycles. The molecule has 8 nitrogen and oxygen atoms in total. The second-order valence-electron chi connectivity index (χ2n) is 9.01. The Morgan fingerprint density at radius 3 is 2.86 bits per heavy atom. The largest absolute Gasteiger partial charge is 0.494 e. The number of aryl methyl sites for hydroxylation is 2. The zero-order valence-corrected chi connectivity index (χ0v) is 21.7. The van der Waals surface area contributed by atoms with Gasteiger partial charge in [-0.2, -0.15) is 5.26 Å². The average molecular weight is 506 g/mol. The van der Waals surface area contributed by atoms with E-state index >= 15 is 0 Å². The second-order valence-corrected chi connectivity index (χ2v) is 10.1. The number of amides is 2. The molecular weight excluding hydrogens is 474 g/mol. The Kier molecular flexibility index (Phi) is 8.06. The van der Waals surface area contributed by atoms with Gasteiger partial charge in [0.15, 0.2) is 0 Å². The van der Waals surface area contributed by atoms with E-state index in [9.17, 15) is 14.9 Å². The molecule has 9 heteroatoms. The molecule has 1 aliphatic heterocycles. The summed E-state index contributed by atoms with van der Waals surface area (Å²) in [5.41, 5.74) is 3.38. The summed E-state index contributed by atoms with van der Waals surface area (Å²) in [6.45, 7) is 8.03. The Bertz CT molecular complexity index is 1290. The highest BCUT2D eigenvalue weighted by Crippen LogP contribution is 2.37. The van der Waals surface area contributed by atoms with Crippen LogP contribution in [0.2, 0.25) is 0 Å². The quantitative estimate of drug-likeness (QED) is 0.457. The number of thiophene rings is 1. The van der Waals surface area contributed by atoms with Crippen molar-refractivity contribution in [1.29, 1.82) is 5.26 Å². The van der Waals surface area contributed by atoms with E-state index in [0.717, 1.165) is 27.4 Å². The predicted molar refractivity (Wildman–Crippen MR) is 139 cm³/mol. The van der Waals surface area contributed by atoms with Crippen LogP contribution in [0.4, 0.5) is 5.00 Å². The van der Waals surface area contributed by atoms with Crippen molar-refractivity contribution >= 4 is 28.2 Å². The summed E-state index contributed by atoms with van der Waals surface area (Å²) in [5, 5.41) is 13.4. The van der Waals surface area contributed by atoms with Gasteiger partial charge < -0.3 is 19.5 Å². The molecule has 188 valence electrons. The first-order chi connectivity index (χ1) is 17.4. The van der Waals surface area contributed by atoms with E-state index < -0.39 is 0 Å². The molecule has 0 saturated carbocycles. The Balaban J connectivity index is 1.40. The number of carbonyl (C=O) groups excluding carboxylic acids is 2. The number of rotatable bonds is 9. The molecule has 0 fully saturated rings. The molecule has 1 aromatic carbocycles. The van der Waals surface area contributed by atoms with Crippen LogP contribution < -0.4 is 10.1 Å². The highest BCUT2D eigenvalue weighted by Gasteiger charge is 2.28. The van der Waals surface area contributed by atoms with Gasteiger partial charge >= 0.3 is 0 Å². The van der Waals surface area contributed by atoms with Gasteiger partial charge in [-0.15, -0.1) is 11.3 Å². The third kappa shape index (κ3) is 5.77. The number of imidazole rings is 1. The third-order valence-corrected chi connectivity index (χ3v) is 7.49. The third-order valence-electron chi connectivity index (χ3n) is 6.36. The maximum atomic E-state index is 12.9. The number of nitriles is 1. The molecule has 0 spiro atoms. The number of aromatic nitrogens is 2. The molecule has 3 heterocycles. The van der Waals surface area contributed by atoms with E-state index in [4.69, 9.17) is 4.74 Å². The van der Waals surface area contributed by atoms with Crippen LogP contribution >= 0.6 is 11.3 Å². The Morgan fingerprint density at radius 1 is 1.33 bits per heavy atom. The molecule has 1 atom stereocenters. The van der Waals surface area contributed by atoms with Crippen molar-refractivity contribution in [2.75, 3.05) is 18.5 Å². The Hall–Kier alpha value is -3.64. The molecule has 0 unspecified atom stereocenters. The fourth-order valence-electron chi connectivity index (χ4n) is 4.54. The van der Waals surface area contributed by atoms with Crippen LogP contribution in [0.5, 0.6) is 5.75 Å². The number of fused-ring (bicyclic) bond motifs is 1. The summed E-state index contributed by atoms with van der Waals surface area (Å²) in [7, 11) is 0. The molecule has 0 saturated heterocycles. The van der Waals surface area contributed by atoms with Crippen LogP contribution in [-0.4, -0.2) is 39.4 Å². The molecule has 3 aromatic rings. The summed E-state index contributed by atoms with van der Waals surface area (Å²) in [5.74, 6) is 0.677. The monoisotopic (exact) mass is 505 g/mol. The highest BCUT2D eigenvalue weighted by atomic mass is 32.1. The number of hydrogen-bond acceptors (Lipinski definition) is 6. The highest BCUT2D eigenvalue weighted by molar-refractivity contribution is 7.16. The molecule has 1 N–H and O–H groups in total. The SMILES string of the molecule is CCOc1ccccc1[C@@H](C)CC(=O)Nc1sc2c(c1C#N)CCN(C(=O)CCn1cnc(C)c1)C2. The topological polar surface area (TPSA) is 100 Å². The van der Waals surface area contributed by atoms with E-state index in [1.165, 1.54) is 11.3 Å². The van der Waals surface area contributed by atoms with Gasteiger partial charge in [0.05, 0.1) is 30.7 Å². The van der Waals surface area contributed by atoms with Crippen molar-refractivity contribution in [2.45, 2.75) is 59.0 Å². The number of hydrogen-bond donors (Lipinski definition) is 1. The Labute approximate surface area is 215 Å². The fourth-order valence-corrected chi connectivity index (χ4v) is 5.77. The number of anilines is 1. The summed E-state index contributed by atoms with van der Waals surface area (Å²) < 4.78 is 7.63. The number of ether oxygens (including phenoxy) is 1. The number of nitrogens with one attached hydrogen (secondary N) is 1. The van der Waals surface area contributed by atoms with Gasteiger partial charge in [-0.3, -0.25) is 9.59 Å². The maximum Gasteiger partial charge on any atom is 0.225 e. The number of para-hydroxylation sites is 1. The molecule has 4 rings (SSSR count). The van der Waals surface area contributed by atoms with Crippen molar-refractivity contribution in [3.63, 3.8) is 0 Å². The fraction of sp³-hybridized carbons (Fsp3) is 0.407. The minimum absolute atomic E-state index is 0.0414. The number of carbonyl (C=O) groups is 2. The molecule has 36 heavy (non-hydrogen) atoms. The normalized spacial score (nSPS) is 13.6. The smallest absolute Gasteiger partial charge is 0.225 e. The lowest BCUT2D eigenvalue weighted by atomic mass is 9.96. The van der Waals surface area contributed by atoms with Gasteiger partial charge in [0, 0.05) is 37.0 Å². The number of benzene rings is 1. The van der Waals surface area contributed by atoms with Crippen LogP contribution in [0.15, 0.2) is 36.8 Å². The summed E-state index contributed by atoms with van der Waals surface area (Å²) >= 11 is 1.40. The van der Waals surface area contributed by atoms with Gasteiger partial charge in [0.25, 0.3) is 0 Å². The lowest BCUT2D eigenvalue weighted by Crippen LogP contribution is -2.35. The average Bonchev–Trinajstić information content (AvgIpc) is 3.44. The van der Waals surface area contributed by atoms with E-state index in [0.29, 0.717) is 49.6 Å². The lowest BCUT2D eigenvalue weighted by Gasteiger charge is -2.27. The van der Waals surface area contributed by atoms with Gasteiger partial charge in [0.2, 0.25) is 11.8 Å². The van der Waals surface area contributed by atoms with Crippen LogP contribution in [0, 0.1) is 18.3 Å². The Morgan fingerprint density at radius 2 is 2.14 bits per heavy atom. The van der Waals surface area contributed by atoms with E-state index in [-0.39, 0.29) is 24.2 Å². The molecular formula is C27H31N5O3S. The van der Waals surface area contributed by atoms with Crippen LogP contribution in [0.1, 0.15) is 59.9 Å². The standard InChI is InChI=1S/C27H31N5O3S/c1-4-35-23-8-6-5-7-20(23)18(2)13-25(33)30-27-22(14-28)21-9-12-32(16-24(21)36-27)26(34)10-11-31-15-19(3)29-17-31/h5-8,15,17-18H,4,9-13,16H2,1-3H3,(H,30,33)/t18-/m0/s1. The first-order valence-corrected chi connectivity index (χ1v) is 13.0. The van der Waals surface area contributed by atoms with Gasteiger partial charge in [0.1, 0.15) is 16.8 Å². The van der Waals surface area contributed by atoms with Crippen molar-refractivity contribution in [2.24, 2.45) is 0 Å². The first-order valence-electron chi connectivity index (χ1n) is 12.2. The van der Waals surface area contributed by atoms with Crippen LogP contribution in [0.25, 0.3) is 0 Å². The minimum atomic E-state index is -0.146. The molecule has 1 aliphatic rings. The molecule has 2 amide bonds. The van der Waals surface area contributed by atoms with E-state index in [1.807, 2.05) is 60.7 Å². The molecule has 0 radical (unpaired) electrons. The first kappa shape index (κ1) is 25.5. The minimum Gasteiger partial charge on any atom is -0.494 e. The van der Waals surface area contributed by atoms with Gasteiger partial charge in [-0.1, -0.05) is 25.1 Å². The van der Waals surface area contributed by atoms with E-state index in [2.05, 4.69) is 16.4 Å². The number of nitrogens with zero attached hydrogens (tertiary/aromatic N) is 4. The zero-order valence-electron chi connectivity index (χ0n) is 20.9. The second kappa shape index (κ2) is 11.4. The maximum absolute atomic E-state index is 12.9. The zero-order chi connectivity index (χ0) is 25.7. The van der Waals surface area contributed by atoms with Crippen molar-refractivity contribution in [1.82, 2.24) is 14.5 Å². The summed E-state index contributed by atoms with van der Waals surface area (Å²) in [4.78, 5) is 32.7. The molecule has 0 bridgehead atoms. The summed E-state index contributed by atoms with van der Waals surface area (Å²) in [6, 6.07) is 10.0. The van der Waals surface area contributed by atoms with Crippen molar-refractivity contribution in [3.05, 3.63) is 64.1 Å². The van der Waals surface area contributed by atoms with Gasteiger partial charge in [-0.25, -0.2) is 4.98 Å². The van der Waals surface area contributed by atoms with Crippen molar-refractivity contribution < 1.29 is 14.3 Å².